The van der Waals surface area contributed by atoms with Gasteiger partial charge < -0.3 is 5.32 Å². The highest BCUT2D eigenvalue weighted by atomic mass is 15.0. The molecule has 0 aliphatic heterocycles. The molecule has 1 atom stereocenters. The van der Waals surface area contributed by atoms with Crippen LogP contribution in [0.5, 0.6) is 0 Å². The molecule has 0 radical (unpaired) electrons. The molecule has 3 nitrogen and oxygen atoms in total. The Morgan fingerprint density at radius 2 is 2.46 bits per heavy atom. The van der Waals surface area contributed by atoms with E-state index in [-0.39, 0.29) is 5.92 Å². The van der Waals surface area contributed by atoms with Crippen LogP contribution < -0.4 is 5.32 Å². The normalized spacial score (nSPS) is 11.8. The minimum Gasteiger partial charge on any atom is -0.369 e. The largest absolute Gasteiger partial charge is 0.369 e. The monoisotopic (exact) mass is 175 g/mol. The van der Waals surface area contributed by atoms with Crippen molar-refractivity contribution in [3.8, 4) is 6.07 Å². The van der Waals surface area contributed by atoms with Crippen molar-refractivity contribution >= 4 is 5.82 Å². The highest BCUT2D eigenvalue weighted by Crippen LogP contribution is 2.05. The van der Waals surface area contributed by atoms with Crippen LogP contribution in [0, 0.1) is 24.2 Å². The number of rotatable bonds is 3. The van der Waals surface area contributed by atoms with Crippen molar-refractivity contribution in [1.29, 1.82) is 5.26 Å². The Balaban J connectivity index is 2.51. The molecular formula is C10H13N3. The summed E-state index contributed by atoms with van der Waals surface area (Å²) in [4.78, 5) is 4.13. The number of nitrogens with zero attached hydrogens (tertiary/aromatic N) is 2. The Morgan fingerprint density at radius 1 is 1.69 bits per heavy atom. The van der Waals surface area contributed by atoms with Crippen LogP contribution in [0.1, 0.15) is 12.5 Å². The van der Waals surface area contributed by atoms with Crippen molar-refractivity contribution < 1.29 is 0 Å². The third kappa shape index (κ3) is 3.12. The van der Waals surface area contributed by atoms with E-state index in [9.17, 15) is 0 Å². The summed E-state index contributed by atoms with van der Waals surface area (Å²) in [6.45, 7) is 4.54. The second kappa shape index (κ2) is 4.46. The Kier molecular flexibility index (Phi) is 3.27. The molecule has 1 unspecified atom stereocenters. The number of hydrogen-bond donors (Lipinski definition) is 1. The first-order chi connectivity index (χ1) is 6.22. The lowest BCUT2D eigenvalue weighted by Crippen LogP contribution is -2.10. The van der Waals surface area contributed by atoms with Gasteiger partial charge in [-0.15, -0.1) is 0 Å². The number of hydrogen-bond acceptors (Lipinski definition) is 3. The number of aryl methyl sites for hydroxylation is 1. The van der Waals surface area contributed by atoms with Gasteiger partial charge in [0.2, 0.25) is 0 Å². The van der Waals surface area contributed by atoms with Crippen LogP contribution >= 0.6 is 0 Å². The van der Waals surface area contributed by atoms with E-state index in [0.29, 0.717) is 6.54 Å². The molecule has 3 heteroatoms. The van der Waals surface area contributed by atoms with Crippen LogP contribution in [0.15, 0.2) is 18.3 Å². The van der Waals surface area contributed by atoms with E-state index >= 15 is 0 Å². The smallest absolute Gasteiger partial charge is 0.126 e. The maximum atomic E-state index is 8.56. The minimum absolute atomic E-state index is 0.0160. The van der Waals surface area contributed by atoms with E-state index in [4.69, 9.17) is 5.26 Å². The van der Waals surface area contributed by atoms with Crippen molar-refractivity contribution in [1.82, 2.24) is 4.98 Å². The third-order valence-corrected chi connectivity index (χ3v) is 1.73. The molecule has 0 saturated carbocycles. The quantitative estimate of drug-likeness (QED) is 0.764. The van der Waals surface area contributed by atoms with Gasteiger partial charge in [0.15, 0.2) is 0 Å². The van der Waals surface area contributed by atoms with E-state index in [1.54, 1.807) is 6.20 Å². The standard InChI is InChI=1S/C10H13N3/c1-8-3-4-12-10(5-8)13-7-9(2)6-11/h3-5,9H,7H2,1-2H3,(H,12,13). The molecule has 0 amide bonds. The molecule has 0 bridgehead atoms. The molecule has 0 fully saturated rings. The van der Waals surface area contributed by atoms with Crippen LogP contribution in [0.4, 0.5) is 5.82 Å². The van der Waals surface area contributed by atoms with Crippen LogP contribution in [-0.2, 0) is 0 Å². The van der Waals surface area contributed by atoms with E-state index in [0.717, 1.165) is 5.82 Å². The highest BCUT2D eigenvalue weighted by molar-refractivity contribution is 5.37. The fraction of sp³-hybridized carbons (Fsp3) is 0.400. The van der Waals surface area contributed by atoms with Gasteiger partial charge in [-0.25, -0.2) is 4.98 Å². The van der Waals surface area contributed by atoms with Gasteiger partial charge in [-0.2, -0.15) is 5.26 Å². The maximum Gasteiger partial charge on any atom is 0.126 e. The lowest BCUT2D eigenvalue weighted by Gasteiger charge is -2.06. The average molecular weight is 175 g/mol. The number of anilines is 1. The van der Waals surface area contributed by atoms with Gasteiger partial charge in [0.25, 0.3) is 0 Å². The van der Waals surface area contributed by atoms with E-state index in [2.05, 4.69) is 16.4 Å². The molecular weight excluding hydrogens is 162 g/mol. The van der Waals surface area contributed by atoms with E-state index < -0.39 is 0 Å². The average Bonchev–Trinajstić information content (AvgIpc) is 2.14. The SMILES string of the molecule is Cc1ccnc(NCC(C)C#N)c1. The van der Waals surface area contributed by atoms with Gasteiger partial charge in [0, 0.05) is 12.7 Å². The van der Waals surface area contributed by atoms with Gasteiger partial charge in [-0.05, 0) is 31.5 Å². The Morgan fingerprint density at radius 3 is 3.08 bits per heavy atom. The van der Waals surface area contributed by atoms with Crippen molar-refractivity contribution in [2.75, 3.05) is 11.9 Å². The zero-order valence-electron chi connectivity index (χ0n) is 7.91. The van der Waals surface area contributed by atoms with Crippen molar-refractivity contribution in [2.24, 2.45) is 5.92 Å². The molecule has 1 aromatic heterocycles. The first kappa shape index (κ1) is 9.53. The molecule has 1 heterocycles. The fourth-order valence-corrected chi connectivity index (χ4v) is 0.936. The Hall–Kier alpha value is -1.56. The predicted octanol–water partition coefficient (Wildman–Crippen LogP) is 1.96. The van der Waals surface area contributed by atoms with Crippen LogP contribution in [0.2, 0.25) is 0 Å². The number of pyridine rings is 1. The Bertz CT molecular complexity index is 314. The third-order valence-electron chi connectivity index (χ3n) is 1.73. The highest BCUT2D eigenvalue weighted by Gasteiger charge is 1.99. The lowest BCUT2D eigenvalue weighted by molar-refractivity contribution is 0.783. The van der Waals surface area contributed by atoms with Gasteiger partial charge in [0.05, 0.1) is 12.0 Å². The van der Waals surface area contributed by atoms with Crippen LogP contribution in [-0.4, -0.2) is 11.5 Å². The minimum atomic E-state index is 0.0160. The first-order valence-corrected chi connectivity index (χ1v) is 4.28. The van der Waals surface area contributed by atoms with Gasteiger partial charge in [-0.1, -0.05) is 0 Å². The summed E-state index contributed by atoms with van der Waals surface area (Å²) >= 11 is 0. The summed E-state index contributed by atoms with van der Waals surface area (Å²) in [5.41, 5.74) is 1.17. The van der Waals surface area contributed by atoms with Crippen LogP contribution in [0.3, 0.4) is 0 Å². The molecule has 68 valence electrons. The van der Waals surface area contributed by atoms with E-state index in [1.807, 2.05) is 26.0 Å². The maximum absolute atomic E-state index is 8.56. The summed E-state index contributed by atoms with van der Waals surface area (Å²) in [6, 6.07) is 6.07. The summed E-state index contributed by atoms with van der Waals surface area (Å²) < 4.78 is 0. The first-order valence-electron chi connectivity index (χ1n) is 4.28. The zero-order chi connectivity index (χ0) is 9.68. The van der Waals surface area contributed by atoms with E-state index in [1.165, 1.54) is 5.56 Å². The number of nitriles is 1. The summed E-state index contributed by atoms with van der Waals surface area (Å²) in [5.74, 6) is 0.851. The second-order valence-electron chi connectivity index (χ2n) is 3.13. The number of nitrogens with one attached hydrogen (secondary N) is 1. The fourth-order valence-electron chi connectivity index (χ4n) is 0.936. The van der Waals surface area contributed by atoms with Gasteiger partial charge in [-0.3, -0.25) is 0 Å². The summed E-state index contributed by atoms with van der Waals surface area (Å²) in [5, 5.41) is 11.7. The predicted molar refractivity (Wildman–Crippen MR) is 52.2 cm³/mol. The zero-order valence-corrected chi connectivity index (χ0v) is 7.91. The molecule has 1 rings (SSSR count). The molecule has 1 aromatic rings. The molecule has 0 spiro atoms. The summed E-state index contributed by atoms with van der Waals surface area (Å²) in [7, 11) is 0. The topological polar surface area (TPSA) is 48.7 Å². The molecule has 1 N–H and O–H groups in total. The van der Waals surface area contributed by atoms with Crippen molar-refractivity contribution in [3.63, 3.8) is 0 Å². The number of aromatic nitrogens is 1. The summed E-state index contributed by atoms with van der Waals surface area (Å²) in [6.07, 6.45) is 1.76. The second-order valence-corrected chi connectivity index (χ2v) is 3.13. The molecule has 0 aliphatic carbocycles. The van der Waals surface area contributed by atoms with Crippen molar-refractivity contribution in [3.05, 3.63) is 23.9 Å². The van der Waals surface area contributed by atoms with Crippen LogP contribution in [0.25, 0.3) is 0 Å². The van der Waals surface area contributed by atoms with Crippen molar-refractivity contribution in [2.45, 2.75) is 13.8 Å². The molecule has 0 aliphatic rings. The van der Waals surface area contributed by atoms with Gasteiger partial charge in [0.1, 0.15) is 5.82 Å². The Labute approximate surface area is 78.4 Å². The van der Waals surface area contributed by atoms with Gasteiger partial charge >= 0.3 is 0 Å². The molecule has 0 aromatic carbocycles. The lowest BCUT2D eigenvalue weighted by atomic mass is 10.2. The molecule has 0 saturated heterocycles. The molecule has 13 heavy (non-hydrogen) atoms.